The van der Waals surface area contributed by atoms with Gasteiger partial charge < -0.3 is 16.4 Å². The number of carbonyl (C=O) groups excluding carboxylic acids is 2. The minimum absolute atomic E-state index is 0.0785. The van der Waals surface area contributed by atoms with Crippen molar-refractivity contribution in [2.45, 2.75) is 0 Å². The lowest BCUT2D eigenvalue weighted by Gasteiger charge is -2.11. The van der Waals surface area contributed by atoms with Crippen LogP contribution in [0, 0.1) is 5.41 Å². The summed E-state index contributed by atoms with van der Waals surface area (Å²) in [5.41, 5.74) is 7.44. The lowest BCUT2D eigenvalue weighted by atomic mass is 9.99. The number of amides is 2. The fraction of sp³-hybridized carbons (Fsp3) is 0. The smallest absolute Gasteiger partial charge is 0.258 e. The van der Waals surface area contributed by atoms with Crippen molar-refractivity contribution in [3.63, 3.8) is 0 Å². The lowest BCUT2D eigenvalue weighted by molar-refractivity contribution is 0.102. The van der Waals surface area contributed by atoms with Crippen LogP contribution < -0.4 is 21.8 Å². The number of hydrogen-bond donors (Lipinski definition) is 4. The molecule has 0 aliphatic carbocycles. The van der Waals surface area contributed by atoms with Gasteiger partial charge in [0.15, 0.2) is 0 Å². The Morgan fingerprint density at radius 3 is 2.21 bits per heavy atom. The number of aromatic nitrogens is 1. The van der Waals surface area contributed by atoms with E-state index in [0.717, 1.165) is 0 Å². The van der Waals surface area contributed by atoms with E-state index in [1.807, 2.05) is 0 Å². The summed E-state index contributed by atoms with van der Waals surface area (Å²) in [7, 11) is 5.59. The Hall–Kier alpha value is -3.94. The second-order valence-electron chi connectivity index (χ2n) is 5.92. The molecule has 28 heavy (non-hydrogen) atoms. The summed E-state index contributed by atoms with van der Waals surface area (Å²) in [6.07, 6.45) is 1.44. The second-order valence-corrected chi connectivity index (χ2v) is 5.92. The van der Waals surface area contributed by atoms with Crippen molar-refractivity contribution in [3.8, 4) is 0 Å². The molecule has 2 radical (unpaired) electrons. The van der Waals surface area contributed by atoms with Crippen molar-refractivity contribution in [3.05, 3.63) is 83.6 Å². The van der Waals surface area contributed by atoms with Crippen LogP contribution in [0.3, 0.4) is 0 Å². The molecule has 0 saturated carbocycles. The molecule has 0 atom stereocenters. The highest BCUT2D eigenvalue weighted by molar-refractivity contribution is 6.32. The Morgan fingerprint density at radius 1 is 0.893 bits per heavy atom. The number of nitrogens with one attached hydrogen (secondary N) is 3. The molecular formula is C20H16BN5O2. The van der Waals surface area contributed by atoms with Crippen molar-refractivity contribution in [2.24, 2.45) is 5.73 Å². The first-order valence-electron chi connectivity index (χ1n) is 8.32. The maximum absolute atomic E-state index is 12.6. The Bertz CT molecular complexity index is 1030. The van der Waals surface area contributed by atoms with Gasteiger partial charge in [0, 0.05) is 17.3 Å². The number of amidine groups is 1. The highest BCUT2D eigenvalue weighted by atomic mass is 16.2. The van der Waals surface area contributed by atoms with E-state index >= 15 is 0 Å². The number of pyridine rings is 1. The zero-order valence-corrected chi connectivity index (χ0v) is 14.8. The number of nitrogens with two attached hydrogens (primary N) is 1. The van der Waals surface area contributed by atoms with E-state index < -0.39 is 5.91 Å². The molecule has 8 heteroatoms. The Morgan fingerprint density at radius 2 is 1.57 bits per heavy atom. The third-order valence-corrected chi connectivity index (χ3v) is 3.91. The molecule has 0 fully saturated rings. The van der Waals surface area contributed by atoms with Crippen molar-refractivity contribution < 1.29 is 9.59 Å². The van der Waals surface area contributed by atoms with E-state index in [1.165, 1.54) is 6.20 Å². The number of para-hydroxylation sites is 1. The summed E-state index contributed by atoms with van der Waals surface area (Å²) in [5.74, 6) is -0.536. The van der Waals surface area contributed by atoms with Crippen molar-refractivity contribution in [1.82, 2.24) is 4.98 Å². The molecule has 0 bridgehead atoms. The van der Waals surface area contributed by atoms with Crippen LogP contribution >= 0.6 is 0 Å². The van der Waals surface area contributed by atoms with Gasteiger partial charge in [0.2, 0.25) is 0 Å². The SMILES string of the molecule is [B]c1ccc(NC(=O)c2ccccc2NC(=O)c2ccc(C(=N)N)cc2)nc1. The first kappa shape index (κ1) is 18.8. The van der Waals surface area contributed by atoms with Crippen molar-refractivity contribution in [1.29, 1.82) is 5.41 Å². The molecule has 0 aliphatic heterocycles. The van der Waals surface area contributed by atoms with Gasteiger partial charge in [0.25, 0.3) is 11.8 Å². The quantitative estimate of drug-likeness (QED) is 0.310. The fourth-order valence-electron chi connectivity index (χ4n) is 2.45. The number of rotatable bonds is 5. The molecule has 0 aliphatic rings. The van der Waals surface area contributed by atoms with Crippen molar-refractivity contribution >= 4 is 42.5 Å². The molecule has 7 nitrogen and oxygen atoms in total. The van der Waals surface area contributed by atoms with Crippen LogP contribution in [0.5, 0.6) is 0 Å². The van der Waals surface area contributed by atoms with E-state index in [-0.39, 0.29) is 17.3 Å². The summed E-state index contributed by atoms with van der Waals surface area (Å²) in [6.45, 7) is 0. The van der Waals surface area contributed by atoms with Crippen LogP contribution in [-0.4, -0.2) is 30.5 Å². The van der Waals surface area contributed by atoms with Gasteiger partial charge in [-0.2, -0.15) is 0 Å². The number of benzene rings is 2. The number of hydrogen-bond acceptors (Lipinski definition) is 4. The van der Waals surface area contributed by atoms with Crippen LogP contribution in [-0.2, 0) is 0 Å². The van der Waals surface area contributed by atoms with Crippen LogP contribution in [0.1, 0.15) is 26.3 Å². The van der Waals surface area contributed by atoms with E-state index in [1.54, 1.807) is 60.7 Å². The van der Waals surface area contributed by atoms with E-state index in [9.17, 15) is 9.59 Å². The van der Waals surface area contributed by atoms with Gasteiger partial charge in [-0.05, 0) is 30.3 Å². The lowest BCUT2D eigenvalue weighted by Crippen LogP contribution is -2.19. The van der Waals surface area contributed by atoms with E-state index in [4.69, 9.17) is 19.0 Å². The highest BCUT2D eigenvalue weighted by Crippen LogP contribution is 2.18. The Kier molecular flexibility index (Phi) is 5.50. The minimum Gasteiger partial charge on any atom is -0.384 e. The van der Waals surface area contributed by atoms with Crippen molar-refractivity contribution in [2.75, 3.05) is 10.6 Å². The molecule has 1 heterocycles. The average molecular weight is 369 g/mol. The van der Waals surface area contributed by atoms with Gasteiger partial charge in [0.1, 0.15) is 19.5 Å². The monoisotopic (exact) mass is 369 g/mol. The molecule has 2 amide bonds. The number of carbonyl (C=O) groups is 2. The standard InChI is InChI=1S/C20H16BN5O2/c21-14-9-10-17(24-11-14)26-20(28)15-3-1-2-4-16(15)25-19(27)13-7-5-12(6-8-13)18(22)23/h1-11H,(H3,22,23)(H,25,27)(H,24,26,28). The van der Waals surface area contributed by atoms with Crippen LogP contribution in [0.2, 0.25) is 0 Å². The third-order valence-electron chi connectivity index (χ3n) is 3.91. The molecule has 3 rings (SSSR count). The first-order valence-corrected chi connectivity index (χ1v) is 8.32. The molecule has 136 valence electrons. The maximum atomic E-state index is 12.6. The van der Waals surface area contributed by atoms with Gasteiger partial charge in [-0.25, -0.2) is 4.98 Å². The largest absolute Gasteiger partial charge is 0.384 e. The van der Waals surface area contributed by atoms with E-state index in [0.29, 0.717) is 28.1 Å². The van der Waals surface area contributed by atoms with Crippen LogP contribution in [0.25, 0.3) is 0 Å². The molecule has 0 spiro atoms. The summed E-state index contributed by atoms with van der Waals surface area (Å²) in [4.78, 5) is 29.1. The zero-order valence-electron chi connectivity index (χ0n) is 14.8. The highest BCUT2D eigenvalue weighted by Gasteiger charge is 2.15. The third kappa shape index (κ3) is 4.42. The number of nitrogen functional groups attached to an aromatic ring is 1. The summed E-state index contributed by atoms with van der Waals surface area (Å²) < 4.78 is 0. The summed E-state index contributed by atoms with van der Waals surface area (Å²) in [6, 6.07) is 16.2. The van der Waals surface area contributed by atoms with Crippen LogP contribution in [0.4, 0.5) is 11.5 Å². The minimum atomic E-state index is -0.417. The van der Waals surface area contributed by atoms with Crippen LogP contribution in [0.15, 0.2) is 66.9 Å². The average Bonchev–Trinajstić information content (AvgIpc) is 2.70. The normalized spacial score (nSPS) is 10.1. The predicted molar refractivity (Wildman–Crippen MR) is 109 cm³/mol. The molecule has 0 saturated heterocycles. The van der Waals surface area contributed by atoms with Gasteiger partial charge in [-0.3, -0.25) is 15.0 Å². The molecule has 1 aromatic heterocycles. The molecule has 5 N–H and O–H groups in total. The maximum Gasteiger partial charge on any atom is 0.258 e. The molecular weight excluding hydrogens is 353 g/mol. The molecule has 2 aromatic carbocycles. The zero-order chi connectivity index (χ0) is 20.1. The Labute approximate surface area is 162 Å². The second kappa shape index (κ2) is 8.17. The summed E-state index contributed by atoms with van der Waals surface area (Å²) >= 11 is 0. The van der Waals surface area contributed by atoms with Gasteiger partial charge in [0.05, 0.1) is 11.3 Å². The van der Waals surface area contributed by atoms with E-state index in [2.05, 4.69) is 15.6 Å². The Balaban J connectivity index is 1.77. The molecule has 0 unspecified atom stereocenters. The first-order chi connectivity index (χ1) is 13.4. The molecule has 3 aromatic rings. The predicted octanol–water partition coefficient (Wildman–Crippen LogP) is 1.66. The topological polar surface area (TPSA) is 121 Å². The number of nitrogens with zero attached hydrogens (tertiary/aromatic N) is 1. The summed E-state index contributed by atoms with van der Waals surface area (Å²) in [5, 5.41) is 12.8. The van der Waals surface area contributed by atoms with Gasteiger partial charge in [-0.15, -0.1) is 0 Å². The van der Waals surface area contributed by atoms with Gasteiger partial charge >= 0.3 is 0 Å². The number of anilines is 2. The fourth-order valence-corrected chi connectivity index (χ4v) is 2.45. The van der Waals surface area contributed by atoms with Gasteiger partial charge in [-0.1, -0.05) is 35.8 Å².